The molecule has 0 saturated carbocycles. The molecule has 2 aromatic carbocycles. The average Bonchev–Trinajstić information content (AvgIpc) is 2.51. The third kappa shape index (κ3) is 4.85. The summed E-state index contributed by atoms with van der Waals surface area (Å²) in [6.07, 6.45) is 0. The second kappa shape index (κ2) is 8.18. The standard InChI is InChI=1S/C18H22N2.ClH/c1-3-7-17(8-4-1)15-19-11-13-20(14-12-19)16-18-9-5-2-6-10-18;/h1-10H,11-16H2;1H. The van der Waals surface area contributed by atoms with Gasteiger partial charge < -0.3 is 0 Å². The Morgan fingerprint density at radius 3 is 1.24 bits per heavy atom. The van der Waals surface area contributed by atoms with Crippen molar-refractivity contribution in [2.24, 2.45) is 0 Å². The van der Waals surface area contributed by atoms with Crippen molar-refractivity contribution in [2.45, 2.75) is 13.1 Å². The van der Waals surface area contributed by atoms with Gasteiger partial charge in [0.1, 0.15) is 0 Å². The smallest absolute Gasteiger partial charge is 0.0234 e. The minimum atomic E-state index is 0. The van der Waals surface area contributed by atoms with Gasteiger partial charge in [0.25, 0.3) is 0 Å². The molecule has 0 N–H and O–H groups in total. The van der Waals surface area contributed by atoms with Gasteiger partial charge in [-0.25, -0.2) is 0 Å². The highest BCUT2D eigenvalue weighted by Crippen LogP contribution is 2.11. The Morgan fingerprint density at radius 2 is 0.905 bits per heavy atom. The predicted octanol–water partition coefficient (Wildman–Crippen LogP) is 3.43. The van der Waals surface area contributed by atoms with Crippen LogP contribution >= 0.6 is 12.4 Å². The lowest BCUT2D eigenvalue weighted by molar-refractivity contribution is 0.122. The Morgan fingerprint density at radius 1 is 0.571 bits per heavy atom. The molecular formula is C18H23ClN2. The lowest BCUT2D eigenvalue weighted by Gasteiger charge is -2.34. The fourth-order valence-corrected chi connectivity index (χ4v) is 2.79. The molecule has 2 nitrogen and oxygen atoms in total. The van der Waals surface area contributed by atoms with Crippen molar-refractivity contribution in [2.75, 3.05) is 26.2 Å². The number of nitrogens with zero attached hydrogens (tertiary/aromatic N) is 2. The highest BCUT2D eigenvalue weighted by molar-refractivity contribution is 5.85. The molecule has 3 heteroatoms. The van der Waals surface area contributed by atoms with Crippen molar-refractivity contribution >= 4 is 12.4 Å². The molecule has 0 radical (unpaired) electrons. The fourth-order valence-electron chi connectivity index (χ4n) is 2.79. The van der Waals surface area contributed by atoms with Gasteiger partial charge in [-0.05, 0) is 11.1 Å². The Kier molecular flexibility index (Phi) is 6.24. The highest BCUT2D eigenvalue weighted by atomic mass is 35.5. The molecular weight excluding hydrogens is 280 g/mol. The highest BCUT2D eigenvalue weighted by Gasteiger charge is 2.16. The summed E-state index contributed by atoms with van der Waals surface area (Å²) in [6.45, 7) is 6.84. The van der Waals surface area contributed by atoms with Crippen LogP contribution in [0.1, 0.15) is 11.1 Å². The summed E-state index contributed by atoms with van der Waals surface area (Å²) in [6, 6.07) is 21.5. The molecule has 1 aliphatic rings. The summed E-state index contributed by atoms with van der Waals surface area (Å²) < 4.78 is 0. The zero-order valence-electron chi connectivity index (χ0n) is 12.3. The van der Waals surface area contributed by atoms with E-state index in [-0.39, 0.29) is 12.4 Å². The van der Waals surface area contributed by atoms with E-state index in [0.29, 0.717) is 0 Å². The Hall–Kier alpha value is -1.35. The van der Waals surface area contributed by atoms with Gasteiger partial charge in [0.2, 0.25) is 0 Å². The van der Waals surface area contributed by atoms with Crippen LogP contribution in [0.25, 0.3) is 0 Å². The van der Waals surface area contributed by atoms with E-state index in [4.69, 9.17) is 0 Å². The maximum Gasteiger partial charge on any atom is 0.0234 e. The van der Waals surface area contributed by atoms with E-state index in [0.717, 1.165) is 13.1 Å². The molecule has 0 unspecified atom stereocenters. The van der Waals surface area contributed by atoms with Gasteiger partial charge in [0.15, 0.2) is 0 Å². The van der Waals surface area contributed by atoms with E-state index in [1.54, 1.807) is 0 Å². The molecule has 2 aromatic rings. The molecule has 1 fully saturated rings. The first-order chi connectivity index (χ1) is 9.90. The second-order valence-corrected chi connectivity index (χ2v) is 5.52. The van der Waals surface area contributed by atoms with Gasteiger partial charge in [-0.15, -0.1) is 12.4 Å². The van der Waals surface area contributed by atoms with E-state index < -0.39 is 0 Å². The quantitative estimate of drug-likeness (QED) is 0.854. The van der Waals surface area contributed by atoms with Crippen LogP contribution in [0.15, 0.2) is 60.7 Å². The molecule has 21 heavy (non-hydrogen) atoms. The van der Waals surface area contributed by atoms with Gasteiger partial charge in [-0.3, -0.25) is 9.80 Å². The summed E-state index contributed by atoms with van der Waals surface area (Å²) in [7, 11) is 0. The molecule has 0 aliphatic carbocycles. The summed E-state index contributed by atoms with van der Waals surface area (Å²) in [5, 5.41) is 0. The second-order valence-electron chi connectivity index (χ2n) is 5.52. The summed E-state index contributed by atoms with van der Waals surface area (Å²) in [5.41, 5.74) is 2.84. The molecule has 0 amide bonds. The van der Waals surface area contributed by atoms with Crippen LogP contribution in [-0.2, 0) is 13.1 Å². The van der Waals surface area contributed by atoms with Crippen LogP contribution in [-0.4, -0.2) is 36.0 Å². The third-order valence-electron chi connectivity index (χ3n) is 3.96. The van der Waals surface area contributed by atoms with Crippen LogP contribution in [0, 0.1) is 0 Å². The minimum Gasteiger partial charge on any atom is -0.297 e. The fraction of sp³-hybridized carbons (Fsp3) is 0.333. The van der Waals surface area contributed by atoms with E-state index in [2.05, 4.69) is 70.5 Å². The van der Waals surface area contributed by atoms with E-state index in [9.17, 15) is 0 Å². The predicted molar refractivity (Wildman–Crippen MR) is 90.7 cm³/mol. The SMILES string of the molecule is Cl.c1ccc(CN2CCN(Cc3ccccc3)CC2)cc1. The lowest BCUT2D eigenvalue weighted by atomic mass is 10.1. The van der Waals surface area contributed by atoms with Gasteiger partial charge in [0.05, 0.1) is 0 Å². The first-order valence-electron chi connectivity index (χ1n) is 7.43. The topological polar surface area (TPSA) is 6.48 Å². The zero-order chi connectivity index (χ0) is 13.6. The number of hydrogen-bond donors (Lipinski definition) is 0. The molecule has 1 aliphatic heterocycles. The molecule has 0 aromatic heterocycles. The first-order valence-corrected chi connectivity index (χ1v) is 7.43. The minimum absolute atomic E-state index is 0. The van der Waals surface area contributed by atoms with Crippen molar-refractivity contribution in [1.82, 2.24) is 9.80 Å². The van der Waals surface area contributed by atoms with E-state index >= 15 is 0 Å². The average molecular weight is 303 g/mol. The Labute approximate surface area is 133 Å². The number of halogens is 1. The van der Waals surface area contributed by atoms with Crippen molar-refractivity contribution in [3.05, 3.63) is 71.8 Å². The molecule has 0 spiro atoms. The van der Waals surface area contributed by atoms with Crippen molar-refractivity contribution in [1.29, 1.82) is 0 Å². The number of piperazine rings is 1. The largest absolute Gasteiger partial charge is 0.297 e. The van der Waals surface area contributed by atoms with Crippen LogP contribution in [0.3, 0.4) is 0 Å². The van der Waals surface area contributed by atoms with Crippen LogP contribution in [0.5, 0.6) is 0 Å². The van der Waals surface area contributed by atoms with E-state index in [1.165, 1.54) is 37.3 Å². The van der Waals surface area contributed by atoms with E-state index in [1.807, 2.05) is 0 Å². The molecule has 0 atom stereocenters. The van der Waals surface area contributed by atoms with Crippen LogP contribution < -0.4 is 0 Å². The Bertz CT molecular complexity index is 458. The van der Waals surface area contributed by atoms with Crippen molar-refractivity contribution < 1.29 is 0 Å². The number of rotatable bonds is 4. The molecule has 3 rings (SSSR count). The first kappa shape index (κ1) is 16.0. The normalized spacial score (nSPS) is 16.4. The molecule has 0 bridgehead atoms. The summed E-state index contributed by atoms with van der Waals surface area (Å²) >= 11 is 0. The van der Waals surface area contributed by atoms with Crippen molar-refractivity contribution in [3.8, 4) is 0 Å². The van der Waals surface area contributed by atoms with Gasteiger partial charge in [-0.1, -0.05) is 60.7 Å². The number of hydrogen-bond acceptors (Lipinski definition) is 2. The van der Waals surface area contributed by atoms with Gasteiger partial charge >= 0.3 is 0 Å². The third-order valence-corrected chi connectivity index (χ3v) is 3.96. The lowest BCUT2D eigenvalue weighted by Crippen LogP contribution is -2.45. The Balaban J connectivity index is 0.00000161. The number of benzene rings is 2. The molecule has 1 saturated heterocycles. The monoisotopic (exact) mass is 302 g/mol. The van der Waals surface area contributed by atoms with Crippen LogP contribution in [0.2, 0.25) is 0 Å². The maximum absolute atomic E-state index is 2.55. The zero-order valence-corrected chi connectivity index (χ0v) is 13.1. The van der Waals surface area contributed by atoms with Gasteiger partial charge in [-0.2, -0.15) is 0 Å². The van der Waals surface area contributed by atoms with Gasteiger partial charge in [0, 0.05) is 39.3 Å². The van der Waals surface area contributed by atoms with Crippen LogP contribution in [0.4, 0.5) is 0 Å². The van der Waals surface area contributed by atoms with Crippen molar-refractivity contribution in [3.63, 3.8) is 0 Å². The maximum atomic E-state index is 2.55. The summed E-state index contributed by atoms with van der Waals surface area (Å²) in [5.74, 6) is 0. The molecule has 112 valence electrons. The molecule has 1 heterocycles. The summed E-state index contributed by atoms with van der Waals surface area (Å²) in [4.78, 5) is 5.10.